The first-order chi connectivity index (χ1) is 18.7. The predicted octanol–water partition coefficient (Wildman–Crippen LogP) is 6.06. The third kappa shape index (κ3) is 6.37. The minimum atomic E-state index is -4.68. The van der Waals surface area contributed by atoms with Crippen molar-refractivity contribution in [3.05, 3.63) is 77.7 Å². The van der Waals surface area contributed by atoms with Crippen molar-refractivity contribution < 1.29 is 41.8 Å². The van der Waals surface area contributed by atoms with Crippen LogP contribution in [0.3, 0.4) is 0 Å². The molecule has 2 aromatic heterocycles. The van der Waals surface area contributed by atoms with Crippen LogP contribution < -0.4 is 10.1 Å². The van der Waals surface area contributed by atoms with Gasteiger partial charge in [0.25, 0.3) is 5.91 Å². The molecule has 208 valence electrons. The van der Waals surface area contributed by atoms with E-state index in [9.17, 15) is 27.6 Å². The molecule has 0 saturated heterocycles. The zero-order valence-corrected chi connectivity index (χ0v) is 21.7. The van der Waals surface area contributed by atoms with E-state index >= 15 is 0 Å². The number of fused-ring (bicyclic) bond motifs is 1. The fourth-order valence-electron chi connectivity index (χ4n) is 3.53. The molecule has 0 saturated carbocycles. The van der Waals surface area contributed by atoms with Crippen LogP contribution in [0.4, 0.5) is 23.7 Å². The van der Waals surface area contributed by atoms with E-state index < -0.39 is 41.0 Å². The van der Waals surface area contributed by atoms with Crippen molar-refractivity contribution >= 4 is 34.6 Å². The number of benzene rings is 2. The third-order valence-corrected chi connectivity index (χ3v) is 5.26. The number of esters is 1. The zero-order valence-electron chi connectivity index (χ0n) is 21.7. The van der Waals surface area contributed by atoms with Gasteiger partial charge in [-0.15, -0.1) is 0 Å². The van der Waals surface area contributed by atoms with Gasteiger partial charge in [0.15, 0.2) is 11.4 Å². The molecule has 0 radical (unpaired) electrons. The normalized spacial score (nSPS) is 11.7. The summed E-state index contributed by atoms with van der Waals surface area (Å²) in [5, 5.41) is 6.36. The van der Waals surface area contributed by atoms with Crippen LogP contribution >= 0.6 is 0 Å². The van der Waals surface area contributed by atoms with Gasteiger partial charge in [0.2, 0.25) is 0 Å². The Morgan fingerprint density at radius 3 is 2.25 bits per heavy atom. The third-order valence-electron chi connectivity index (χ3n) is 5.26. The van der Waals surface area contributed by atoms with Crippen molar-refractivity contribution in [2.45, 2.75) is 32.5 Å². The van der Waals surface area contributed by atoms with Crippen LogP contribution in [0.15, 0.2) is 60.8 Å². The molecule has 2 aromatic carbocycles. The van der Waals surface area contributed by atoms with E-state index in [0.717, 1.165) is 22.9 Å². The smallest absolute Gasteiger partial charge is 0.435 e. The molecular weight excluding hydrogens is 533 g/mol. The highest BCUT2D eigenvalue weighted by atomic mass is 19.4. The van der Waals surface area contributed by atoms with Gasteiger partial charge >= 0.3 is 18.2 Å². The second-order valence-electron chi connectivity index (χ2n) is 9.42. The molecule has 2 heterocycles. The topological polar surface area (TPSA) is 122 Å². The van der Waals surface area contributed by atoms with E-state index in [0.29, 0.717) is 11.5 Å². The summed E-state index contributed by atoms with van der Waals surface area (Å²) in [5.74, 6) is -0.814. The highest BCUT2D eigenvalue weighted by molar-refractivity contribution is 6.12. The van der Waals surface area contributed by atoms with E-state index in [-0.39, 0.29) is 22.3 Å². The monoisotopic (exact) mass is 556 g/mol. The van der Waals surface area contributed by atoms with Gasteiger partial charge in [0.1, 0.15) is 17.1 Å². The minimum absolute atomic E-state index is 0.0279. The molecule has 0 aliphatic heterocycles. The Kier molecular flexibility index (Phi) is 7.49. The lowest BCUT2D eigenvalue weighted by atomic mass is 10.1. The van der Waals surface area contributed by atoms with Crippen molar-refractivity contribution in [2.75, 3.05) is 12.4 Å². The van der Waals surface area contributed by atoms with Gasteiger partial charge in [-0.3, -0.25) is 4.79 Å². The second kappa shape index (κ2) is 10.7. The first-order valence-electron chi connectivity index (χ1n) is 11.7. The number of anilines is 1. The molecule has 0 aliphatic carbocycles. The summed E-state index contributed by atoms with van der Waals surface area (Å²) < 4.78 is 56.6. The Labute approximate surface area is 225 Å². The number of carbonyl (C=O) groups excluding carboxylic acids is 3. The van der Waals surface area contributed by atoms with E-state index in [1.165, 1.54) is 49.7 Å². The van der Waals surface area contributed by atoms with E-state index in [1.54, 1.807) is 20.8 Å². The summed E-state index contributed by atoms with van der Waals surface area (Å²) >= 11 is 0. The van der Waals surface area contributed by atoms with Crippen molar-refractivity contribution in [3.63, 3.8) is 0 Å². The van der Waals surface area contributed by atoms with Crippen LogP contribution in [0.2, 0.25) is 0 Å². The molecule has 0 atom stereocenters. The van der Waals surface area contributed by atoms with E-state index in [1.807, 2.05) is 0 Å². The number of hydrogen-bond donors (Lipinski definition) is 1. The van der Waals surface area contributed by atoms with Gasteiger partial charge in [-0.25, -0.2) is 14.6 Å². The molecule has 10 nitrogen and oxygen atoms in total. The summed E-state index contributed by atoms with van der Waals surface area (Å²) in [6.07, 6.45) is -4.26. The fourth-order valence-corrected chi connectivity index (χ4v) is 3.53. The maximum absolute atomic E-state index is 13.4. The lowest BCUT2D eigenvalue weighted by Crippen LogP contribution is -2.28. The van der Waals surface area contributed by atoms with Crippen molar-refractivity contribution in [1.82, 2.24) is 14.8 Å². The molecule has 0 unspecified atom stereocenters. The van der Waals surface area contributed by atoms with Crippen molar-refractivity contribution in [1.29, 1.82) is 0 Å². The summed E-state index contributed by atoms with van der Waals surface area (Å²) in [4.78, 5) is 41.4. The molecule has 0 bridgehead atoms. The van der Waals surface area contributed by atoms with Gasteiger partial charge in [0, 0.05) is 23.3 Å². The predicted molar refractivity (Wildman–Crippen MR) is 136 cm³/mol. The molecule has 13 heteroatoms. The number of amides is 1. The number of carbonyl (C=O) groups is 3. The first-order valence-corrected chi connectivity index (χ1v) is 11.7. The number of hydrogen-bond acceptors (Lipinski definition) is 8. The van der Waals surface area contributed by atoms with Crippen LogP contribution in [0.1, 0.15) is 47.3 Å². The SMILES string of the molecule is COC(=O)c1cc(Oc2ccc(NC(=O)c3nn(C(=O)OC(C)(C)C)c4ccc(C(F)(F)F)cc34)cc2)ccn1. The highest BCUT2D eigenvalue weighted by Crippen LogP contribution is 2.33. The van der Waals surface area contributed by atoms with Crippen LogP contribution in [-0.2, 0) is 15.7 Å². The number of nitrogens with one attached hydrogen (secondary N) is 1. The maximum Gasteiger partial charge on any atom is 0.435 e. The summed E-state index contributed by atoms with van der Waals surface area (Å²) in [5.41, 5.74) is -2.03. The van der Waals surface area contributed by atoms with E-state index in [2.05, 4.69) is 20.1 Å². The van der Waals surface area contributed by atoms with Crippen molar-refractivity contribution in [2.24, 2.45) is 0 Å². The Bertz CT molecular complexity index is 1590. The number of methoxy groups -OCH3 is 1. The Hall–Kier alpha value is -4.94. The average Bonchev–Trinajstić information content (AvgIpc) is 3.27. The number of pyridine rings is 1. The number of ether oxygens (including phenoxy) is 3. The lowest BCUT2D eigenvalue weighted by molar-refractivity contribution is -0.137. The van der Waals surface area contributed by atoms with Gasteiger partial charge in [-0.2, -0.15) is 23.0 Å². The highest BCUT2D eigenvalue weighted by Gasteiger charge is 2.33. The van der Waals surface area contributed by atoms with Gasteiger partial charge in [-0.05, 0) is 69.3 Å². The van der Waals surface area contributed by atoms with Crippen LogP contribution in [0, 0.1) is 0 Å². The number of halogens is 3. The number of aromatic nitrogens is 3. The van der Waals surface area contributed by atoms with Gasteiger partial charge in [0.05, 0.1) is 18.2 Å². The Morgan fingerprint density at radius 2 is 1.62 bits per heavy atom. The van der Waals surface area contributed by atoms with E-state index in [4.69, 9.17) is 9.47 Å². The zero-order chi connectivity index (χ0) is 29.2. The fraction of sp³-hybridized carbons (Fsp3) is 0.222. The number of rotatable bonds is 5. The Morgan fingerprint density at radius 1 is 0.925 bits per heavy atom. The van der Waals surface area contributed by atoms with Crippen LogP contribution in [0.25, 0.3) is 10.9 Å². The van der Waals surface area contributed by atoms with Gasteiger partial charge in [-0.1, -0.05) is 0 Å². The molecule has 1 N–H and O–H groups in total. The quantitative estimate of drug-likeness (QED) is 0.294. The lowest BCUT2D eigenvalue weighted by Gasteiger charge is -2.19. The molecule has 4 rings (SSSR count). The largest absolute Gasteiger partial charge is 0.464 e. The summed E-state index contributed by atoms with van der Waals surface area (Å²) in [6, 6.07) is 11.6. The van der Waals surface area contributed by atoms with Crippen LogP contribution in [-0.4, -0.2) is 45.4 Å². The maximum atomic E-state index is 13.4. The Balaban J connectivity index is 1.59. The van der Waals surface area contributed by atoms with Crippen LogP contribution in [0.5, 0.6) is 11.5 Å². The minimum Gasteiger partial charge on any atom is -0.464 e. The molecular formula is C27H23F3N4O6. The molecule has 0 spiro atoms. The number of alkyl halides is 3. The summed E-state index contributed by atoms with van der Waals surface area (Å²) in [6.45, 7) is 4.85. The molecule has 0 aliphatic rings. The standard InChI is InChI=1S/C27H23F3N4O6/c1-26(2,3)40-25(37)34-21-10-5-15(27(28,29)30)13-19(21)22(33-34)23(35)32-16-6-8-17(9-7-16)39-18-11-12-31-20(14-18)24(36)38-4/h5-14H,1-4H3,(H,32,35). The summed E-state index contributed by atoms with van der Waals surface area (Å²) in [7, 11) is 1.23. The van der Waals surface area contributed by atoms with Gasteiger partial charge < -0.3 is 19.5 Å². The molecule has 0 fully saturated rings. The first kappa shape index (κ1) is 28.1. The molecule has 4 aromatic rings. The molecule has 1 amide bonds. The molecule has 40 heavy (non-hydrogen) atoms. The number of nitrogens with zero attached hydrogens (tertiary/aromatic N) is 3. The second-order valence-corrected chi connectivity index (χ2v) is 9.42. The van der Waals surface area contributed by atoms with Crippen molar-refractivity contribution in [3.8, 4) is 11.5 Å². The average molecular weight is 556 g/mol.